The number of hydrogen-bond donors (Lipinski definition) is 0. The van der Waals surface area contributed by atoms with Crippen molar-refractivity contribution >= 4 is 22.3 Å². The van der Waals surface area contributed by atoms with Crippen molar-refractivity contribution in [3.8, 4) is 0 Å². The Morgan fingerprint density at radius 3 is 2.27 bits per heavy atom. The van der Waals surface area contributed by atoms with E-state index in [1.54, 1.807) is 0 Å². The predicted molar refractivity (Wildman–Crippen MR) is 90.1 cm³/mol. The maximum absolute atomic E-state index is 12.6. The lowest BCUT2D eigenvalue weighted by molar-refractivity contribution is 0.533. The summed E-state index contributed by atoms with van der Waals surface area (Å²) in [6, 6.07) is 5.98. The smallest absolute Gasteiger partial charge is 0.362 e. The molecular formula is C18H22N2O2. The molecule has 0 atom stereocenters. The van der Waals surface area contributed by atoms with Gasteiger partial charge in [0.25, 0.3) is 0 Å². The first-order chi connectivity index (χ1) is 10.8. The topological polar surface area (TPSA) is 36.7 Å². The maximum Gasteiger partial charge on any atom is 0.362 e. The van der Waals surface area contributed by atoms with Crippen LogP contribution in [0.2, 0.25) is 0 Å². The first-order valence-electron chi connectivity index (χ1n) is 8.32. The summed E-state index contributed by atoms with van der Waals surface area (Å²) >= 11 is 0. The van der Waals surface area contributed by atoms with E-state index in [0.29, 0.717) is 0 Å². The molecule has 0 bridgehead atoms. The van der Waals surface area contributed by atoms with Crippen LogP contribution < -0.4 is 15.4 Å². The Hall–Kier alpha value is -1.97. The molecule has 1 aromatic heterocycles. The van der Waals surface area contributed by atoms with E-state index in [4.69, 9.17) is 4.42 Å². The van der Waals surface area contributed by atoms with Crippen LogP contribution in [-0.2, 0) is 0 Å². The van der Waals surface area contributed by atoms with Gasteiger partial charge in [-0.25, -0.2) is 4.79 Å². The van der Waals surface area contributed by atoms with E-state index >= 15 is 0 Å². The number of benzene rings is 1. The highest BCUT2D eigenvalue weighted by atomic mass is 16.4. The van der Waals surface area contributed by atoms with Crippen LogP contribution in [0.3, 0.4) is 0 Å². The summed E-state index contributed by atoms with van der Waals surface area (Å²) in [5, 5.41) is 1.12. The van der Waals surface area contributed by atoms with E-state index in [1.165, 1.54) is 24.8 Å². The molecule has 2 saturated heterocycles. The maximum atomic E-state index is 12.6. The van der Waals surface area contributed by atoms with Gasteiger partial charge in [-0.1, -0.05) is 12.1 Å². The van der Waals surface area contributed by atoms with E-state index in [0.717, 1.165) is 54.9 Å². The van der Waals surface area contributed by atoms with Crippen molar-refractivity contribution in [2.24, 2.45) is 0 Å². The zero-order valence-corrected chi connectivity index (χ0v) is 13.1. The number of aryl methyl sites for hydroxylation is 1. The van der Waals surface area contributed by atoms with Crippen molar-refractivity contribution in [1.29, 1.82) is 0 Å². The van der Waals surface area contributed by atoms with Crippen molar-refractivity contribution in [1.82, 2.24) is 0 Å². The average molecular weight is 298 g/mol. The lowest BCUT2D eigenvalue weighted by atomic mass is 10.0. The molecule has 116 valence electrons. The first-order valence-corrected chi connectivity index (χ1v) is 8.32. The molecule has 0 unspecified atom stereocenters. The largest absolute Gasteiger partial charge is 0.421 e. The number of anilines is 2. The first kappa shape index (κ1) is 13.7. The SMILES string of the molecule is Cc1cccc2oc(=O)c(N3CCC3)c(N3CCCCC3)c12. The standard InChI is InChI=1S/C18H22N2O2/c1-13-7-5-8-14-15(13)16(19-9-3-2-4-10-19)17(18(21)22-14)20-11-6-12-20/h5,7-8H,2-4,6,9-12H2,1H3. The van der Waals surface area contributed by atoms with Crippen LogP contribution in [0.1, 0.15) is 31.2 Å². The molecule has 0 amide bonds. The normalized spacial score (nSPS) is 18.6. The van der Waals surface area contributed by atoms with Gasteiger partial charge < -0.3 is 14.2 Å². The summed E-state index contributed by atoms with van der Waals surface area (Å²) in [5.41, 5.74) is 3.62. The third-order valence-corrected chi connectivity index (χ3v) is 4.94. The van der Waals surface area contributed by atoms with Gasteiger partial charge in [0.1, 0.15) is 11.3 Å². The highest BCUT2D eigenvalue weighted by molar-refractivity contribution is 5.99. The predicted octanol–water partition coefficient (Wildman–Crippen LogP) is 3.30. The summed E-state index contributed by atoms with van der Waals surface area (Å²) in [6.45, 7) is 6.10. The van der Waals surface area contributed by atoms with Crippen molar-refractivity contribution in [2.75, 3.05) is 36.0 Å². The fraction of sp³-hybridized carbons (Fsp3) is 0.500. The van der Waals surface area contributed by atoms with Crippen LogP contribution in [0.5, 0.6) is 0 Å². The molecule has 4 heteroatoms. The molecule has 22 heavy (non-hydrogen) atoms. The van der Waals surface area contributed by atoms with Gasteiger partial charge in [-0.2, -0.15) is 0 Å². The molecule has 0 spiro atoms. The summed E-state index contributed by atoms with van der Waals surface area (Å²) in [4.78, 5) is 17.2. The van der Waals surface area contributed by atoms with E-state index < -0.39 is 0 Å². The summed E-state index contributed by atoms with van der Waals surface area (Å²) in [5.74, 6) is 0. The molecule has 2 aromatic rings. The van der Waals surface area contributed by atoms with Gasteiger partial charge in [-0.05, 0) is 44.2 Å². The van der Waals surface area contributed by atoms with Crippen molar-refractivity contribution in [2.45, 2.75) is 32.6 Å². The molecule has 0 saturated carbocycles. The average Bonchev–Trinajstić information content (AvgIpc) is 2.48. The second-order valence-electron chi connectivity index (χ2n) is 6.42. The van der Waals surface area contributed by atoms with Crippen LogP contribution in [0, 0.1) is 6.92 Å². The molecule has 0 N–H and O–H groups in total. The van der Waals surface area contributed by atoms with Gasteiger partial charge in [0.2, 0.25) is 0 Å². The monoisotopic (exact) mass is 298 g/mol. The number of fused-ring (bicyclic) bond motifs is 1. The molecule has 1 aromatic carbocycles. The Bertz CT molecular complexity index is 756. The molecule has 2 fully saturated rings. The van der Waals surface area contributed by atoms with Gasteiger partial charge in [-0.3, -0.25) is 0 Å². The molecular weight excluding hydrogens is 276 g/mol. The van der Waals surface area contributed by atoms with Crippen molar-refractivity contribution in [3.63, 3.8) is 0 Å². The van der Waals surface area contributed by atoms with E-state index in [-0.39, 0.29) is 5.63 Å². The Morgan fingerprint density at radius 2 is 1.59 bits per heavy atom. The highest BCUT2D eigenvalue weighted by Gasteiger charge is 2.28. The minimum Gasteiger partial charge on any atom is -0.421 e. The van der Waals surface area contributed by atoms with Gasteiger partial charge >= 0.3 is 5.63 Å². The lowest BCUT2D eigenvalue weighted by Gasteiger charge is -2.38. The van der Waals surface area contributed by atoms with E-state index in [2.05, 4.69) is 22.8 Å². The Morgan fingerprint density at radius 1 is 0.909 bits per heavy atom. The van der Waals surface area contributed by atoms with Crippen LogP contribution in [0.4, 0.5) is 11.4 Å². The van der Waals surface area contributed by atoms with E-state index in [9.17, 15) is 4.79 Å². The molecule has 4 nitrogen and oxygen atoms in total. The summed E-state index contributed by atoms with van der Waals surface area (Å²) in [7, 11) is 0. The number of hydrogen-bond acceptors (Lipinski definition) is 4. The second-order valence-corrected chi connectivity index (χ2v) is 6.42. The highest BCUT2D eigenvalue weighted by Crippen LogP contribution is 2.38. The lowest BCUT2D eigenvalue weighted by Crippen LogP contribution is -2.42. The quantitative estimate of drug-likeness (QED) is 0.797. The molecule has 0 aliphatic carbocycles. The fourth-order valence-corrected chi connectivity index (χ4v) is 3.64. The van der Waals surface area contributed by atoms with E-state index in [1.807, 2.05) is 12.1 Å². The van der Waals surface area contributed by atoms with Gasteiger partial charge in [0.05, 0.1) is 5.69 Å². The molecule has 2 aliphatic heterocycles. The Labute approximate surface area is 130 Å². The minimum absolute atomic E-state index is 0.182. The third-order valence-electron chi connectivity index (χ3n) is 4.94. The number of piperidine rings is 1. The Balaban J connectivity index is 2.00. The van der Waals surface area contributed by atoms with Crippen LogP contribution >= 0.6 is 0 Å². The summed E-state index contributed by atoms with van der Waals surface area (Å²) < 4.78 is 5.64. The van der Waals surface area contributed by atoms with Crippen LogP contribution in [0.15, 0.2) is 27.4 Å². The van der Waals surface area contributed by atoms with Crippen LogP contribution in [-0.4, -0.2) is 26.2 Å². The molecule has 3 heterocycles. The zero-order valence-electron chi connectivity index (χ0n) is 13.1. The summed E-state index contributed by atoms with van der Waals surface area (Å²) in [6.07, 6.45) is 4.85. The van der Waals surface area contributed by atoms with Gasteiger partial charge in [-0.15, -0.1) is 0 Å². The molecule has 4 rings (SSSR count). The number of nitrogens with zero attached hydrogens (tertiary/aromatic N) is 2. The third kappa shape index (κ3) is 2.09. The minimum atomic E-state index is -0.182. The van der Waals surface area contributed by atoms with Crippen molar-refractivity contribution < 1.29 is 4.42 Å². The van der Waals surface area contributed by atoms with Gasteiger partial charge in [0.15, 0.2) is 0 Å². The molecule has 2 aliphatic rings. The molecule has 0 radical (unpaired) electrons. The fourth-order valence-electron chi connectivity index (χ4n) is 3.64. The van der Waals surface area contributed by atoms with Crippen LogP contribution in [0.25, 0.3) is 11.0 Å². The number of rotatable bonds is 2. The zero-order chi connectivity index (χ0) is 15.1. The van der Waals surface area contributed by atoms with Gasteiger partial charge in [0, 0.05) is 31.6 Å². The Kier molecular flexibility index (Phi) is 3.32. The van der Waals surface area contributed by atoms with Crippen molar-refractivity contribution in [3.05, 3.63) is 34.2 Å². The second kappa shape index (κ2) is 5.34.